The topological polar surface area (TPSA) is 66.0 Å². The first-order chi connectivity index (χ1) is 12.4. The zero-order chi connectivity index (χ0) is 19.1. The molecule has 8 heteroatoms. The van der Waals surface area contributed by atoms with Crippen molar-refractivity contribution in [3.63, 3.8) is 0 Å². The molecule has 6 nitrogen and oxygen atoms in total. The quantitative estimate of drug-likeness (QED) is 0.364. The van der Waals surface area contributed by atoms with E-state index in [1.165, 1.54) is 12.1 Å². The van der Waals surface area contributed by atoms with Gasteiger partial charge in [-0.15, -0.1) is 24.0 Å². The molecule has 2 atom stereocenters. The minimum Gasteiger partial charge on any atom is -0.375 e. The van der Waals surface area contributed by atoms with Crippen molar-refractivity contribution in [2.75, 3.05) is 33.8 Å². The lowest BCUT2D eigenvalue weighted by atomic mass is 10.1. The van der Waals surface area contributed by atoms with Crippen molar-refractivity contribution < 1.29 is 13.9 Å². The van der Waals surface area contributed by atoms with Crippen molar-refractivity contribution in [1.29, 1.82) is 0 Å². The predicted octanol–water partition coefficient (Wildman–Crippen LogP) is 2.55. The second kappa shape index (κ2) is 11.4. The number of carbonyl (C=O) groups is 1. The molecule has 1 aromatic rings. The molecule has 2 N–H and O–H groups in total. The fourth-order valence-corrected chi connectivity index (χ4v) is 3.04. The van der Waals surface area contributed by atoms with Crippen molar-refractivity contribution in [2.24, 2.45) is 10.9 Å². The van der Waals surface area contributed by atoms with Crippen LogP contribution in [-0.4, -0.2) is 56.6 Å². The lowest BCUT2D eigenvalue weighted by Gasteiger charge is -2.22. The molecule has 0 aromatic heterocycles. The number of halogens is 2. The van der Waals surface area contributed by atoms with Crippen LogP contribution < -0.4 is 10.6 Å². The predicted molar refractivity (Wildman–Crippen MR) is 116 cm³/mol. The second-order valence-corrected chi connectivity index (χ2v) is 6.80. The minimum atomic E-state index is -0.268. The highest BCUT2D eigenvalue weighted by molar-refractivity contribution is 14.0. The number of likely N-dealkylation sites (tertiary alicyclic amines) is 1. The number of amides is 1. The Bertz CT molecular complexity index is 625. The van der Waals surface area contributed by atoms with Gasteiger partial charge < -0.3 is 20.3 Å². The maximum atomic E-state index is 13.1. The molecule has 0 saturated carbocycles. The number of ether oxygens (including phenoxy) is 1. The molecule has 1 aliphatic heterocycles. The fourth-order valence-electron chi connectivity index (χ4n) is 3.04. The van der Waals surface area contributed by atoms with Crippen LogP contribution in [0.3, 0.4) is 0 Å². The largest absolute Gasteiger partial charge is 0.375 e. The highest BCUT2D eigenvalue weighted by atomic mass is 127. The van der Waals surface area contributed by atoms with Crippen LogP contribution in [0.25, 0.3) is 0 Å². The Kier molecular flexibility index (Phi) is 10.00. The zero-order valence-corrected chi connectivity index (χ0v) is 18.7. The van der Waals surface area contributed by atoms with Gasteiger partial charge in [-0.05, 0) is 24.1 Å². The van der Waals surface area contributed by atoms with E-state index in [-0.39, 0.29) is 53.8 Å². The van der Waals surface area contributed by atoms with Gasteiger partial charge in [0.15, 0.2) is 5.96 Å². The second-order valence-electron chi connectivity index (χ2n) is 6.80. The van der Waals surface area contributed by atoms with Gasteiger partial charge in [-0.1, -0.05) is 26.0 Å². The zero-order valence-electron chi connectivity index (χ0n) is 16.4. The van der Waals surface area contributed by atoms with Crippen LogP contribution in [0.1, 0.15) is 31.9 Å². The number of aliphatic imine (C=N–C) groups is 1. The smallest absolute Gasteiger partial charge is 0.225 e. The van der Waals surface area contributed by atoms with Crippen molar-refractivity contribution in [3.05, 3.63) is 35.6 Å². The van der Waals surface area contributed by atoms with Crippen LogP contribution in [0.4, 0.5) is 4.39 Å². The van der Waals surface area contributed by atoms with Crippen LogP contribution >= 0.6 is 24.0 Å². The molecule has 2 unspecified atom stereocenters. The Balaban J connectivity index is 0.00000364. The summed E-state index contributed by atoms with van der Waals surface area (Å²) in [6.07, 6.45) is 0.682. The van der Waals surface area contributed by atoms with Crippen LogP contribution in [0.2, 0.25) is 0 Å². The SMILES string of the molecule is CN=C(NCC(OC)c1ccc(F)cc1)NC1CCN(C(=O)C(C)C)C1.I. The molecule has 1 amide bonds. The van der Waals surface area contributed by atoms with Gasteiger partial charge in [0, 0.05) is 45.8 Å². The molecular formula is C19H30FIN4O2. The number of nitrogens with zero attached hydrogens (tertiary/aromatic N) is 2. The summed E-state index contributed by atoms with van der Waals surface area (Å²) < 4.78 is 18.6. The van der Waals surface area contributed by atoms with Crippen molar-refractivity contribution in [2.45, 2.75) is 32.4 Å². The molecule has 1 aliphatic rings. The van der Waals surface area contributed by atoms with Gasteiger partial charge >= 0.3 is 0 Å². The average molecular weight is 492 g/mol. The number of methoxy groups -OCH3 is 1. The summed E-state index contributed by atoms with van der Waals surface area (Å²) in [5, 5.41) is 6.60. The monoisotopic (exact) mass is 492 g/mol. The van der Waals surface area contributed by atoms with E-state index in [9.17, 15) is 9.18 Å². The number of carbonyl (C=O) groups excluding carboxylic acids is 1. The Labute approximate surface area is 178 Å². The summed E-state index contributed by atoms with van der Waals surface area (Å²) >= 11 is 0. The lowest BCUT2D eigenvalue weighted by Crippen LogP contribution is -2.46. The third kappa shape index (κ3) is 6.91. The molecule has 152 valence electrons. The minimum absolute atomic E-state index is 0. The highest BCUT2D eigenvalue weighted by Crippen LogP contribution is 2.16. The van der Waals surface area contributed by atoms with E-state index in [4.69, 9.17) is 4.74 Å². The van der Waals surface area contributed by atoms with Gasteiger partial charge in [-0.25, -0.2) is 4.39 Å². The van der Waals surface area contributed by atoms with Gasteiger partial charge in [0.2, 0.25) is 5.91 Å². The van der Waals surface area contributed by atoms with Crippen LogP contribution in [0.15, 0.2) is 29.3 Å². The number of hydrogen-bond acceptors (Lipinski definition) is 3. The molecule has 0 aliphatic carbocycles. The Morgan fingerprint density at radius 2 is 2.04 bits per heavy atom. The molecule has 0 spiro atoms. The maximum absolute atomic E-state index is 13.1. The normalized spacial score (nSPS) is 18.2. The Hall–Kier alpha value is -1.42. The molecule has 1 fully saturated rings. The summed E-state index contributed by atoms with van der Waals surface area (Å²) in [7, 11) is 3.33. The summed E-state index contributed by atoms with van der Waals surface area (Å²) in [4.78, 5) is 18.2. The van der Waals surface area contributed by atoms with Crippen molar-refractivity contribution in [1.82, 2.24) is 15.5 Å². The lowest BCUT2D eigenvalue weighted by molar-refractivity contribution is -0.133. The van der Waals surface area contributed by atoms with Gasteiger partial charge in [0.05, 0.1) is 6.10 Å². The molecule has 0 radical (unpaired) electrons. The first kappa shape index (κ1) is 23.6. The van der Waals surface area contributed by atoms with E-state index < -0.39 is 0 Å². The third-order valence-corrected chi connectivity index (χ3v) is 4.54. The number of nitrogens with one attached hydrogen (secondary N) is 2. The van der Waals surface area contributed by atoms with E-state index in [2.05, 4.69) is 15.6 Å². The van der Waals surface area contributed by atoms with Gasteiger partial charge in [-0.3, -0.25) is 9.79 Å². The average Bonchev–Trinajstić information content (AvgIpc) is 3.10. The van der Waals surface area contributed by atoms with Crippen LogP contribution in [0, 0.1) is 11.7 Å². The number of hydrogen-bond donors (Lipinski definition) is 2. The van der Waals surface area contributed by atoms with Crippen molar-refractivity contribution >= 4 is 35.8 Å². The van der Waals surface area contributed by atoms with E-state index in [1.807, 2.05) is 18.7 Å². The molecule has 2 rings (SSSR count). The van der Waals surface area contributed by atoms with E-state index in [0.717, 1.165) is 18.5 Å². The van der Waals surface area contributed by atoms with E-state index >= 15 is 0 Å². The fraction of sp³-hybridized carbons (Fsp3) is 0.579. The van der Waals surface area contributed by atoms with Gasteiger partial charge in [0.25, 0.3) is 0 Å². The van der Waals surface area contributed by atoms with Crippen molar-refractivity contribution in [3.8, 4) is 0 Å². The van der Waals surface area contributed by atoms with E-state index in [0.29, 0.717) is 19.0 Å². The molecule has 1 aromatic carbocycles. The van der Waals surface area contributed by atoms with Crippen LogP contribution in [-0.2, 0) is 9.53 Å². The highest BCUT2D eigenvalue weighted by Gasteiger charge is 2.28. The van der Waals surface area contributed by atoms with E-state index in [1.54, 1.807) is 26.3 Å². The summed E-state index contributed by atoms with van der Waals surface area (Å²) in [6, 6.07) is 6.46. The Morgan fingerprint density at radius 1 is 1.37 bits per heavy atom. The first-order valence-corrected chi connectivity index (χ1v) is 8.98. The summed E-state index contributed by atoms with van der Waals surface area (Å²) in [5.74, 6) is 0.603. The third-order valence-electron chi connectivity index (χ3n) is 4.54. The van der Waals surface area contributed by atoms with Crippen LogP contribution in [0.5, 0.6) is 0 Å². The number of rotatable bonds is 6. The van der Waals surface area contributed by atoms with Gasteiger partial charge in [0.1, 0.15) is 5.82 Å². The molecular weight excluding hydrogens is 462 g/mol. The summed E-state index contributed by atoms with van der Waals surface area (Å²) in [6.45, 7) is 5.79. The molecule has 1 heterocycles. The molecule has 0 bridgehead atoms. The molecule has 1 saturated heterocycles. The molecule has 27 heavy (non-hydrogen) atoms. The number of guanidine groups is 1. The maximum Gasteiger partial charge on any atom is 0.225 e. The van der Waals surface area contributed by atoms with Gasteiger partial charge in [-0.2, -0.15) is 0 Å². The number of benzene rings is 1. The summed E-state index contributed by atoms with van der Waals surface area (Å²) in [5.41, 5.74) is 0.895. The first-order valence-electron chi connectivity index (χ1n) is 8.98. The standard InChI is InChI=1S/C19H29FN4O2.HI/c1-13(2)18(25)24-10-9-16(12-24)23-19(21-3)22-11-17(26-4)14-5-7-15(20)8-6-14;/h5-8,13,16-17H,9-12H2,1-4H3,(H2,21,22,23);1H. The Morgan fingerprint density at radius 3 is 2.59 bits per heavy atom.